The molecule has 1 saturated heterocycles. The number of aromatic hydroxyl groups is 1. The number of phenolic OH excluding ortho intramolecular Hbond substituents is 1. The van der Waals surface area contributed by atoms with Crippen LogP contribution in [0.25, 0.3) is 0 Å². The van der Waals surface area contributed by atoms with Crippen molar-refractivity contribution >= 4 is 70.9 Å². The molecule has 400 valence electrons. The highest BCUT2D eigenvalue weighted by atomic mass is 16.3. The average molecular weight is 1020 g/mol. The Hall–Kier alpha value is -7.42. The topological polar surface area (TPSA) is 452 Å². The zero-order valence-electron chi connectivity index (χ0n) is 40.3. The molecule has 27 nitrogen and oxygen atoms in total. The predicted octanol–water partition coefficient (Wildman–Crippen LogP) is -5.50. The molecule has 12 amide bonds. The second-order valence-corrected chi connectivity index (χ2v) is 17.2. The van der Waals surface area contributed by atoms with E-state index in [2.05, 4.69) is 54.8 Å². The van der Waals surface area contributed by atoms with Crippen LogP contribution in [-0.2, 0) is 64.0 Å². The van der Waals surface area contributed by atoms with E-state index in [1.807, 2.05) is 0 Å². The summed E-state index contributed by atoms with van der Waals surface area (Å²) in [6, 6.07) is -7.58. The van der Waals surface area contributed by atoms with Crippen LogP contribution < -0.4 is 65.1 Å². The highest BCUT2D eigenvalue weighted by Crippen LogP contribution is 2.13. The first kappa shape index (κ1) is 60.7. The second-order valence-electron chi connectivity index (χ2n) is 17.2. The number of hydrogen-bond donors (Lipinski definition) is 15. The molecule has 0 saturated carbocycles. The summed E-state index contributed by atoms with van der Waals surface area (Å²) in [6.07, 6.45) is 5.91. The monoisotopic (exact) mass is 1020 g/mol. The zero-order chi connectivity index (χ0) is 53.8. The number of phenols is 1. The van der Waals surface area contributed by atoms with Gasteiger partial charge >= 0.3 is 0 Å². The highest BCUT2D eigenvalue weighted by molar-refractivity contribution is 6.00. The minimum Gasteiger partial charge on any atom is -0.508 e. The lowest BCUT2D eigenvalue weighted by molar-refractivity contribution is -0.137. The fraction of sp³-hybridized carbons (Fsp3) is 0.600. The fourth-order valence-corrected chi connectivity index (χ4v) is 7.19. The van der Waals surface area contributed by atoms with Crippen molar-refractivity contribution in [2.75, 3.05) is 26.3 Å². The Morgan fingerprint density at radius 3 is 1.44 bits per heavy atom. The molecule has 18 N–H and O–H groups in total. The van der Waals surface area contributed by atoms with Gasteiger partial charge in [-0.05, 0) is 24.1 Å². The standard InChI is InChI=1S/C45H70N12O15/c1-2-3-4-5-6-7-8-9-10-11-16-49-39(66)31-21-37(64)52-32(23-58)44(71)53-27(17-25-12-14-26(60)15-13-25)41(68)54-28(18-34(46)61)40(67)50-22-38(65)51-29(19-35(47)62)42(69)57-33(24-59)45(72)55-30(20-36(48)63)43(70)56-31/h12-15,27-33,58-60H,2-11,16-24H2,1H3,(H2,46,61)(H2,47,62)(H2,48,63)(H,49,66)(H,50,67)(H,51,65)(H,52,64)(H,53,71)(H,54,68)(H,55,72)(H,56,70)(H,57,69)/t27-,28+,29-,30-,31-,32+,33-/m0/s1. The van der Waals surface area contributed by atoms with Gasteiger partial charge in [-0.1, -0.05) is 76.8 Å². The van der Waals surface area contributed by atoms with Crippen LogP contribution in [0.4, 0.5) is 0 Å². The van der Waals surface area contributed by atoms with E-state index in [4.69, 9.17) is 17.2 Å². The molecule has 7 atom stereocenters. The number of rotatable bonds is 22. The summed E-state index contributed by atoms with van der Waals surface area (Å²) in [5.74, 6) is -14.2. The largest absolute Gasteiger partial charge is 0.508 e. The van der Waals surface area contributed by atoms with E-state index in [9.17, 15) is 72.9 Å². The van der Waals surface area contributed by atoms with Crippen molar-refractivity contribution in [2.24, 2.45) is 17.2 Å². The summed E-state index contributed by atoms with van der Waals surface area (Å²) in [5, 5.41) is 50.3. The van der Waals surface area contributed by atoms with Crippen molar-refractivity contribution in [1.82, 2.24) is 47.9 Å². The summed E-state index contributed by atoms with van der Waals surface area (Å²) in [4.78, 5) is 158. The number of benzene rings is 1. The molecule has 0 unspecified atom stereocenters. The zero-order valence-corrected chi connectivity index (χ0v) is 40.3. The lowest BCUT2D eigenvalue weighted by atomic mass is 10.0. The number of unbranched alkanes of at least 4 members (excludes halogenated alkanes) is 9. The van der Waals surface area contributed by atoms with E-state index in [0.29, 0.717) is 12.0 Å². The van der Waals surface area contributed by atoms with Gasteiger partial charge < -0.3 is 80.4 Å². The van der Waals surface area contributed by atoms with Crippen LogP contribution in [0, 0.1) is 0 Å². The van der Waals surface area contributed by atoms with E-state index in [-0.39, 0.29) is 18.7 Å². The van der Waals surface area contributed by atoms with Crippen LogP contribution >= 0.6 is 0 Å². The number of carbonyl (C=O) groups excluding carboxylic acids is 12. The number of amides is 12. The Morgan fingerprint density at radius 2 is 0.931 bits per heavy atom. The van der Waals surface area contributed by atoms with Gasteiger partial charge in [0, 0.05) is 13.0 Å². The predicted molar refractivity (Wildman–Crippen MR) is 253 cm³/mol. The van der Waals surface area contributed by atoms with Gasteiger partial charge in [-0.15, -0.1) is 0 Å². The molecule has 0 aliphatic carbocycles. The number of carbonyl (C=O) groups is 12. The third-order valence-electron chi connectivity index (χ3n) is 11.1. The van der Waals surface area contributed by atoms with Gasteiger partial charge in [0.05, 0.1) is 45.4 Å². The third-order valence-corrected chi connectivity index (χ3v) is 11.1. The molecule has 1 aromatic carbocycles. The summed E-state index contributed by atoms with van der Waals surface area (Å²) in [6.45, 7) is -1.03. The number of nitrogens with two attached hydrogens (primary N) is 3. The van der Waals surface area contributed by atoms with Gasteiger partial charge in [-0.3, -0.25) is 57.5 Å². The van der Waals surface area contributed by atoms with E-state index >= 15 is 0 Å². The van der Waals surface area contributed by atoms with E-state index < -0.39 is 159 Å². The van der Waals surface area contributed by atoms with Gasteiger partial charge in [-0.2, -0.15) is 0 Å². The molecular weight excluding hydrogens is 949 g/mol. The minimum absolute atomic E-state index is 0.0912. The van der Waals surface area contributed by atoms with Crippen LogP contribution in [0.2, 0.25) is 0 Å². The van der Waals surface area contributed by atoms with Crippen LogP contribution in [0.1, 0.15) is 102 Å². The van der Waals surface area contributed by atoms with Crippen molar-refractivity contribution in [1.29, 1.82) is 0 Å². The Kier molecular flexibility index (Phi) is 27.4. The molecule has 1 heterocycles. The van der Waals surface area contributed by atoms with Crippen LogP contribution in [-0.4, -0.2) is 155 Å². The lowest BCUT2D eigenvalue weighted by Gasteiger charge is -2.26. The second kappa shape index (κ2) is 32.5. The van der Waals surface area contributed by atoms with Crippen molar-refractivity contribution in [3.63, 3.8) is 0 Å². The Bertz CT molecular complexity index is 2060. The van der Waals surface area contributed by atoms with Gasteiger partial charge in [0.1, 0.15) is 48.0 Å². The molecule has 0 aromatic heterocycles. The maximum atomic E-state index is 13.9. The number of aliphatic hydroxyl groups is 2. The molecule has 72 heavy (non-hydrogen) atoms. The molecule has 0 radical (unpaired) electrons. The number of hydrogen-bond acceptors (Lipinski definition) is 15. The third kappa shape index (κ3) is 23.5. The Labute approximate surface area is 415 Å². The lowest BCUT2D eigenvalue weighted by Crippen LogP contribution is -2.60. The van der Waals surface area contributed by atoms with Crippen molar-refractivity contribution in [2.45, 2.75) is 146 Å². The maximum absolute atomic E-state index is 13.9. The maximum Gasteiger partial charge on any atom is 0.245 e. The average Bonchev–Trinajstić information content (AvgIpc) is 3.31. The van der Waals surface area contributed by atoms with Crippen LogP contribution in [0.5, 0.6) is 5.75 Å². The first-order valence-electron chi connectivity index (χ1n) is 23.7. The Morgan fingerprint density at radius 1 is 0.528 bits per heavy atom. The number of aliphatic hydroxyl groups excluding tert-OH is 2. The van der Waals surface area contributed by atoms with Gasteiger partial charge in [0.15, 0.2) is 0 Å². The van der Waals surface area contributed by atoms with E-state index in [1.165, 1.54) is 37.1 Å². The summed E-state index contributed by atoms with van der Waals surface area (Å²) in [5.41, 5.74) is 16.3. The van der Waals surface area contributed by atoms with Gasteiger partial charge in [0.25, 0.3) is 0 Å². The molecule has 2 rings (SSSR count). The van der Waals surface area contributed by atoms with Crippen molar-refractivity contribution in [3.05, 3.63) is 29.8 Å². The molecule has 1 aliphatic rings. The molecule has 1 aliphatic heterocycles. The summed E-state index contributed by atoms with van der Waals surface area (Å²) < 4.78 is 0. The smallest absolute Gasteiger partial charge is 0.245 e. The highest BCUT2D eigenvalue weighted by Gasteiger charge is 2.35. The summed E-state index contributed by atoms with van der Waals surface area (Å²) >= 11 is 0. The fourth-order valence-electron chi connectivity index (χ4n) is 7.19. The molecule has 1 fully saturated rings. The first-order chi connectivity index (χ1) is 34.2. The molecule has 0 spiro atoms. The number of primary amides is 3. The Balaban J connectivity index is 2.58. The van der Waals surface area contributed by atoms with Crippen LogP contribution in [0.3, 0.4) is 0 Å². The molecule has 1 aromatic rings. The minimum atomic E-state index is -1.95. The number of nitrogens with one attached hydrogen (secondary N) is 9. The van der Waals surface area contributed by atoms with Gasteiger partial charge in [0.2, 0.25) is 70.9 Å². The molecular formula is C45H70N12O15. The van der Waals surface area contributed by atoms with Crippen molar-refractivity contribution < 1.29 is 72.9 Å². The first-order valence-corrected chi connectivity index (χ1v) is 23.7. The molecule has 0 bridgehead atoms. The van der Waals surface area contributed by atoms with Gasteiger partial charge in [-0.25, -0.2) is 0 Å². The molecule has 27 heteroatoms. The van der Waals surface area contributed by atoms with Crippen molar-refractivity contribution in [3.8, 4) is 5.75 Å². The van der Waals surface area contributed by atoms with E-state index in [1.54, 1.807) is 0 Å². The van der Waals surface area contributed by atoms with E-state index in [0.717, 1.165) is 44.9 Å². The normalized spacial score (nSPS) is 22.4. The SMILES string of the molecule is CCCCCCCCCCCCNC(=O)[C@@H]1CC(=O)N[C@H](CO)C(=O)N[C@@H](Cc2ccc(O)cc2)C(=O)N[C@H](CC(N)=O)C(=O)NCC(=O)N[C@@H](CC(N)=O)C(=O)N[C@@H](CO)C(=O)N[C@@H](CC(N)=O)C(=O)N1. The summed E-state index contributed by atoms with van der Waals surface area (Å²) in [7, 11) is 0. The quantitative estimate of drug-likeness (QED) is 0.0482. The van der Waals surface area contributed by atoms with Crippen LogP contribution in [0.15, 0.2) is 24.3 Å².